The molecule has 1 fully saturated rings. The fourth-order valence-electron chi connectivity index (χ4n) is 4.27. The minimum absolute atomic E-state index is 0.0121. The molecule has 0 saturated carbocycles. The summed E-state index contributed by atoms with van der Waals surface area (Å²) in [5, 5.41) is 4.75. The van der Waals surface area contributed by atoms with Gasteiger partial charge in [-0.05, 0) is 53.2 Å². The quantitative estimate of drug-likeness (QED) is 0.493. The number of nitrogens with one attached hydrogen (secondary N) is 1. The van der Waals surface area contributed by atoms with E-state index < -0.39 is 0 Å². The smallest absolute Gasteiger partial charge is 0.274 e. The van der Waals surface area contributed by atoms with Gasteiger partial charge in [-0.25, -0.2) is 0 Å². The Bertz CT molecular complexity index is 1370. The van der Waals surface area contributed by atoms with Crippen LogP contribution in [0.1, 0.15) is 31.2 Å². The zero-order valence-electron chi connectivity index (χ0n) is 19.1. The molecule has 4 aromatic rings. The average molecular weight is 465 g/mol. The van der Waals surface area contributed by atoms with Crippen molar-refractivity contribution in [1.29, 1.82) is 0 Å². The molecule has 0 spiro atoms. The number of fused-ring (bicyclic) bond motifs is 1. The maximum absolute atomic E-state index is 13.2. The normalized spacial score (nSPS) is 13.5. The van der Waals surface area contributed by atoms with E-state index in [1.807, 2.05) is 47.4 Å². The Hall–Kier alpha value is -4.52. The highest BCUT2D eigenvalue weighted by atomic mass is 16.2. The molecule has 3 amide bonds. The largest absolute Gasteiger partial charge is 0.335 e. The van der Waals surface area contributed by atoms with Crippen LogP contribution in [0, 0.1) is 0 Å². The molecule has 7 nitrogen and oxygen atoms in total. The van der Waals surface area contributed by atoms with Crippen LogP contribution in [0.5, 0.6) is 0 Å². The minimum Gasteiger partial charge on any atom is -0.335 e. The second-order valence-corrected chi connectivity index (χ2v) is 8.36. The Balaban J connectivity index is 1.20. The summed E-state index contributed by atoms with van der Waals surface area (Å²) < 4.78 is 0. The first-order valence-corrected chi connectivity index (χ1v) is 11.5. The Kier molecular flexibility index (Phi) is 6.22. The van der Waals surface area contributed by atoms with E-state index in [2.05, 4.69) is 10.3 Å². The predicted molar refractivity (Wildman–Crippen MR) is 134 cm³/mol. The van der Waals surface area contributed by atoms with Crippen LogP contribution in [0.15, 0.2) is 91.1 Å². The highest BCUT2D eigenvalue weighted by Crippen LogP contribution is 2.21. The first-order valence-electron chi connectivity index (χ1n) is 11.5. The lowest BCUT2D eigenvalue weighted by atomic mass is 10.0. The first kappa shape index (κ1) is 22.3. The van der Waals surface area contributed by atoms with Gasteiger partial charge in [0.25, 0.3) is 17.7 Å². The van der Waals surface area contributed by atoms with Gasteiger partial charge < -0.3 is 15.1 Å². The monoisotopic (exact) mass is 464 g/mol. The summed E-state index contributed by atoms with van der Waals surface area (Å²) in [6.07, 6.45) is 1.56. The molecule has 5 rings (SSSR count). The molecule has 1 aromatic heterocycles. The van der Waals surface area contributed by atoms with Crippen molar-refractivity contribution < 1.29 is 14.4 Å². The topological polar surface area (TPSA) is 82.6 Å². The summed E-state index contributed by atoms with van der Waals surface area (Å²) in [5.41, 5.74) is 2.13. The van der Waals surface area contributed by atoms with Crippen molar-refractivity contribution >= 4 is 34.2 Å². The third-order valence-electron chi connectivity index (χ3n) is 6.16. The molecule has 1 aliphatic heterocycles. The summed E-state index contributed by atoms with van der Waals surface area (Å²) in [7, 11) is 0. The molecule has 1 aliphatic rings. The van der Waals surface area contributed by atoms with E-state index in [0.29, 0.717) is 48.7 Å². The number of benzene rings is 3. The van der Waals surface area contributed by atoms with Crippen LogP contribution in [0.2, 0.25) is 0 Å². The number of aromatic nitrogens is 1. The molecule has 7 heteroatoms. The molecule has 1 N–H and O–H groups in total. The van der Waals surface area contributed by atoms with E-state index in [0.717, 1.165) is 10.8 Å². The van der Waals surface area contributed by atoms with Gasteiger partial charge in [0.15, 0.2) is 0 Å². The highest BCUT2D eigenvalue weighted by molar-refractivity contribution is 6.07. The zero-order chi connectivity index (χ0) is 24.2. The van der Waals surface area contributed by atoms with Crippen molar-refractivity contribution in [2.45, 2.75) is 0 Å². The van der Waals surface area contributed by atoms with Gasteiger partial charge in [0.05, 0.1) is 0 Å². The lowest BCUT2D eigenvalue weighted by molar-refractivity contribution is 0.0536. The maximum Gasteiger partial charge on any atom is 0.274 e. The fourth-order valence-corrected chi connectivity index (χ4v) is 4.27. The van der Waals surface area contributed by atoms with Gasteiger partial charge in [-0.1, -0.05) is 42.5 Å². The van der Waals surface area contributed by atoms with Gasteiger partial charge in [-0.2, -0.15) is 0 Å². The number of anilines is 1. The van der Waals surface area contributed by atoms with Crippen LogP contribution in [-0.4, -0.2) is 58.7 Å². The van der Waals surface area contributed by atoms with Gasteiger partial charge >= 0.3 is 0 Å². The Morgan fingerprint density at radius 1 is 0.686 bits per heavy atom. The van der Waals surface area contributed by atoms with E-state index >= 15 is 0 Å². The zero-order valence-corrected chi connectivity index (χ0v) is 19.1. The Morgan fingerprint density at radius 2 is 1.34 bits per heavy atom. The van der Waals surface area contributed by atoms with Gasteiger partial charge in [0, 0.05) is 49.2 Å². The molecule has 0 bridgehead atoms. The van der Waals surface area contributed by atoms with Gasteiger partial charge in [0.1, 0.15) is 5.69 Å². The molecular weight excluding hydrogens is 440 g/mol. The van der Waals surface area contributed by atoms with Gasteiger partial charge in [-0.15, -0.1) is 0 Å². The second-order valence-electron chi connectivity index (χ2n) is 8.36. The van der Waals surface area contributed by atoms with E-state index in [9.17, 15) is 14.4 Å². The molecule has 1 saturated heterocycles. The average Bonchev–Trinajstić information content (AvgIpc) is 2.93. The van der Waals surface area contributed by atoms with Gasteiger partial charge in [-0.3, -0.25) is 19.4 Å². The SMILES string of the molecule is O=C(Nc1ccc(C(=O)N2CCN(C(=O)c3cccc4ccccc34)CC2)cc1)c1ccccn1. The number of hydrogen-bond donors (Lipinski definition) is 1. The van der Waals surface area contributed by atoms with Crippen LogP contribution in [-0.2, 0) is 0 Å². The molecule has 0 atom stereocenters. The number of amides is 3. The predicted octanol–water partition coefficient (Wildman–Crippen LogP) is 4.09. The molecule has 2 heterocycles. The fraction of sp³-hybridized carbons (Fsp3) is 0.143. The molecule has 0 aliphatic carbocycles. The summed E-state index contributed by atoms with van der Waals surface area (Å²) >= 11 is 0. The van der Waals surface area contributed by atoms with Crippen molar-refractivity contribution in [1.82, 2.24) is 14.8 Å². The van der Waals surface area contributed by atoms with Crippen molar-refractivity contribution in [3.63, 3.8) is 0 Å². The van der Waals surface area contributed by atoms with Crippen molar-refractivity contribution in [2.75, 3.05) is 31.5 Å². The highest BCUT2D eigenvalue weighted by Gasteiger charge is 2.26. The molecular formula is C28H24N4O3. The summed E-state index contributed by atoms with van der Waals surface area (Å²) in [4.78, 5) is 46.0. The van der Waals surface area contributed by atoms with Crippen molar-refractivity contribution in [2.24, 2.45) is 0 Å². The second kappa shape index (κ2) is 9.77. The van der Waals surface area contributed by atoms with Gasteiger partial charge in [0.2, 0.25) is 0 Å². The number of carbonyl (C=O) groups is 3. The number of piperazine rings is 1. The number of hydrogen-bond acceptors (Lipinski definition) is 4. The number of nitrogens with zero attached hydrogens (tertiary/aromatic N) is 3. The lowest BCUT2D eigenvalue weighted by Gasteiger charge is -2.35. The molecule has 3 aromatic carbocycles. The van der Waals surface area contributed by atoms with E-state index in [1.54, 1.807) is 53.6 Å². The molecule has 0 radical (unpaired) electrons. The first-order chi connectivity index (χ1) is 17.1. The summed E-state index contributed by atoms with van der Waals surface area (Å²) in [6, 6.07) is 25.5. The van der Waals surface area contributed by atoms with Crippen LogP contribution >= 0.6 is 0 Å². The van der Waals surface area contributed by atoms with Crippen LogP contribution in [0.25, 0.3) is 10.8 Å². The van der Waals surface area contributed by atoms with Crippen LogP contribution in [0.3, 0.4) is 0 Å². The summed E-state index contributed by atoms with van der Waals surface area (Å²) in [6.45, 7) is 1.89. The molecule has 174 valence electrons. The Labute approximate surface area is 203 Å². The van der Waals surface area contributed by atoms with Crippen molar-refractivity contribution in [3.05, 3.63) is 108 Å². The summed E-state index contributed by atoms with van der Waals surface area (Å²) in [5.74, 6) is -0.413. The third-order valence-corrected chi connectivity index (χ3v) is 6.16. The standard InChI is InChI=1S/C28H24N4O3/c33-26(25-10-3-4-15-29-25)30-22-13-11-21(12-14-22)27(34)31-16-18-32(19-17-31)28(35)24-9-5-7-20-6-1-2-8-23(20)24/h1-15H,16-19H2,(H,30,33). The lowest BCUT2D eigenvalue weighted by Crippen LogP contribution is -2.50. The molecule has 0 unspecified atom stereocenters. The van der Waals surface area contributed by atoms with E-state index in [1.165, 1.54) is 0 Å². The number of rotatable bonds is 4. The third kappa shape index (κ3) is 4.75. The van der Waals surface area contributed by atoms with Crippen LogP contribution in [0.4, 0.5) is 5.69 Å². The van der Waals surface area contributed by atoms with Crippen molar-refractivity contribution in [3.8, 4) is 0 Å². The maximum atomic E-state index is 13.2. The van der Waals surface area contributed by atoms with E-state index in [4.69, 9.17) is 0 Å². The van der Waals surface area contributed by atoms with E-state index in [-0.39, 0.29) is 17.7 Å². The van der Waals surface area contributed by atoms with Crippen LogP contribution < -0.4 is 5.32 Å². The Morgan fingerprint density at radius 3 is 2.06 bits per heavy atom. The number of carbonyl (C=O) groups excluding carboxylic acids is 3. The molecule has 35 heavy (non-hydrogen) atoms. The number of pyridine rings is 1. The minimum atomic E-state index is -0.309.